The van der Waals surface area contributed by atoms with Gasteiger partial charge in [-0.05, 0) is 43.5 Å². The molecule has 2 aromatic carbocycles. The Labute approximate surface area is 302 Å². The Morgan fingerprint density at radius 3 is 2.22 bits per heavy atom. The van der Waals surface area contributed by atoms with Gasteiger partial charge in [0.05, 0.1) is 30.9 Å². The van der Waals surface area contributed by atoms with Crippen LogP contribution in [0, 0.1) is 0 Å². The first-order valence-electron chi connectivity index (χ1n) is 17.9. The fourth-order valence-corrected chi connectivity index (χ4v) is 11.2. The van der Waals surface area contributed by atoms with Crippen LogP contribution in [0.3, 0.4) is 0 Å². The number of thioether (sulfide) groups is 1. The van der Waals surface area contributed by atoms with Crippen LogP contribution in [0.25, 0.3) is 0 Å². The fraction of sp³-hybridized carbons (Fsp3) is 0.568. The van der Waals surface area contributed by atoms with Gasteiger partial charge in [0.1, 0.15) is 5.78 Å². The van der Waals surface area contributed by atoms with Crippen LogP contribution in [0.5, 0.6) is 0 Å². The molecule has 4 amide bonds. The van der Waals surface area contributed by atoms with Crippen LogP contribution in [0.15, 0.2) is 60.7 Å². The number of hydrogen-bond acceptors (Lipinski definition) is 8. The normalized spacial score (nSPS) is 18.6. The number of ether oxygens (including phenoxy) is 1. The summed E-state index contributed by atoms with van der Waals surface area (Å²) in [5, 5.41) is 14.1. The zero-order chi connectivity index (χ0) is 35.8. The van der Waals surface area contributed by atoms with E-state index in [1.807, 2.05) is 93.2 Å². The second-order valence-corrected chi connectivity index (χ2v) is 17.6. The molecule has 0 saturated carbocycles. The van der Waals surface area contributed by atoms with E-state index < -0.39 is 14.2 Å². The predicted molar refractivity (Wildman–Crippen MR) is 199 cm³/mol. The largest absolute Gasteiger partial charge is 0.407 e. The summed E-state index contributed by atoms with van der Waals surface area (Å²) in [7, 11) is -3.28. The highest BCUT2D eigenvalue weighted by molar-refractivity contribution is 8.00. The number of carbonyl (C=O) groups is 4. The van der Waals surface area contributed by atoms with Gasteiger partial charge < -0.3 is 34.9 Å². The second-order valence-electron chi connectivity index (χ2n) is 13.4. The predicted octanol–water partition coefficient (Wildman–Crippen LogP) is 3.18. The Morgan fingerprint density at radius 1 is 0.860 bits per heavy atom. The van der Waals surface area contributed by atoms with Gasteiger partial charge in [-0.1, -0.05) is 74.0 Å². The van der Waals surface area contributed by atoms with E-state index in [9.17, 15) is 19.2 Å². The average molecular weight is 727 g/mol. The lowest BCUT2D eigenvalue weighted by atomic mass is 10.0. The van der Waals surface area contributed by atoms with E-state index in [4.69, 9.17) is 13.6 Å². The maximum Gasteiger partial charge on any atom is 0.407 e. The van der Waals surface area contributed by atoms with Crippen LogP contribution >= 0.6 is 11.8 Å². The van der Waals surface area contributed by atoms with Gasteiger partial charge in [-0.2, -0.15) is 11.8 Å². The Hall–Kier alpha value is -3.23. The third-order valence-corrected chi connectivity index (χ3v) is 14.0. The summed E-state index contributed by atoms with van der Waals surface area (Å²) in [6.45, 7) is 7.28. The number of nitrogens with one attached hydrogen (secondary N) is 4. The maximum absolute atomic E-state index is 12.8. The molecular formula is C37H54N4O7SSi. The molecule has 3 atom stereocenters. The van der Waals surface area contributed by atoms with Crippen molar-refractivity contribution in [3.63, 3.8) is 0 Å². The SMILES string of the molecule is CCC(=O)NCCO[Si](OC(C)(C)CNC(=O)CCOCCCC(=O)CCCC[C@@H]1SC[C@@H]2NC(=O)N[C@@H]21)(c1ccccc1)c1ccccc1. The first kappa shape index (κ1) is 39.6. The molecule has 2 fully saturated rings. The summed E-state index contributed by atoms with van der Waals surface area (Å²) in [6, 6.07) is 20.1. The van der Waals surface area contributed by atoms with Crippen LogP contribution in [0.4, 0.5) is 4.79 Å². The summed E-state index contributed by atoms with van der Waals surface area (Å²) in [5.74, 6) is 1.00. The van der Waals surface area contributed by atoms with Crippen LogP contribution in [-0.2, 0) is 28.0 Å². The number of Topliss-reactive ketones (excluding diaryl/α,β-unsaturated/α-hetero) is 1. The molecule has 0 aromatic heterocycles. The van der Waals surface area contributed by atoms with E-state index in [1.165, 1.54) is 0 Å². The highest BCUT2D eigenvalue weighted by Gasteiger charge is 2.47. The summed E-state index contributed by atoms with van der Waals surface area (Å²) in [4.78, 5) is 48.5. The minimum absolute atomic E-state index is 0.0407. The molecule has 2 saturated heterocycles. The van der Waals surface area contributed by atoms with Gasteiger partial charge in [0.15, 0.2) is 0 Å². The third kappa shape index (κ3) is 12.2. The molecular weight excluding hydrogens is 673 g/mol. The van der Waals surface area contributed by atoms with Crippen molar-refractivity contribution in [2.45, 2.75) is 95.1 Å². The standard InChI is InChI=1S/C37H54N4O7SSi/c1-4-33(43)38-22-25-47-50(29-16-7-5-8-17-29,30-18-9-6-10-19-30)48-37(2,3)27-39-34(44)21-24-46-23-13-15-28(42)14-11-12-20-32-35-31(26-49-32)40-36(45)41-35/h5-10,16-19,31-32,35H,4,11-15,20-27H2,1-3H3,(H,38,43)(H,39,44)(H2,40,41,45)/t31-,32-,35-/m0/s1. The van der Waals surface area contributed by atoms with Crippen LogP contribution in [-0.4, -0.2) is 93.8 Å². The zero-order valence-corrected chi connectivity index (χ0v) is 31.5. The van der Waals surface area contributed by atoms with Crippen LogP contribution in [0.1, 0.15) is 72.1 Å². The van der Waals surface area contributed by atoms with Crippen molar-refractivity contribution in [2.75, 3.05) is 38.7 Å². The molecule has 2 aliphatic rings. The van der Waals surface area contributed by atoms with E-state index in [0.29, 0.717) is 44.1 Å². The minimum atomic E-state index is -3.28. The van der Waals surface area contributed by atoms with Crippen molar-refractivity contribution in [1.82, 2.24) is 21.3 Å². The Morgan fingerprint density at radius 2 is 1.54 bits per heavy atom. The number of hydrogen-bond donors (Lipinski definition) is 4. The molecule has 50 heavy (non-hydrogen) atoms. The van der Waals surface area contributed by atoms with E-state index >= 15 is 0 Å². The Bertz CT molecular complexity index is 1340. The molecule has 4 N–H and O–H groups in total. The van der Waals surface area contributed by atoms with Gasteiger partial charge in [0.2, 0.25) is 11.8 Å². The topological polar surface area (TPSA) is 144 Å². The lowest BCUT2D eigenvalue weighted by molar-refractivity contribution is -0.123. The van der Waals surface area contributed by atoms with Crippen molar-refractivity contribution in [3.05, 3.63) is 60.7 Å². The summed E-state index contributed by atoms with van der Waals surface area (Å²) in [6.07, 6.45) is 5.12. The summed E-state index contributed by atoms with van der Waals surface area (Å²) in [5.41, 5.74) is -0.788. The van der Waals surface area contributed by atoms with Gasteiger partial charge in [-0.3, -0.25) is 14.4 Å². The second kappa shape index (κ2) is 20.0. The van der Waals surface area contributed by atoms with Gasteiger partial charge in [0.25, 0.3) is 0 Å². The molecule has 2 heterocycles. The number of rotatable bonds is 23. The van der Waals surface area contributed by atoms with Crippen molar-refractivity contribution < 1.29 is 32.8 Å². The van der Waals surface area contributed by atoms with Crippen molar-refractivity contribution in [2.24, 2.45) is 0 Å². The highest BCUT2D eigenvalue weighted by atomic mass is 32.2. The number of unbranched alkanes of at least 4 members (excludes halogenated alkanes) is 1. The molecule has 13 heteroatoms. The van der Waals surface area contributed by atoms with Crippen molar-refractivity contribution in [1.29, 1.82) is 0 Å². The van der Waals surface area contributed by atoms with E-state index in [1.54, 1.807) is 0 Å². The monoisotopic (exact) mass is 726 g/mol. The lowest BCUT2D eigenvalue weighted by Crippen LogP contribution is -2.67. The maximum atomic E-state index is 12.8. The van der Waals surface area contributed by atoms with Crippen LogP contribution < -0.4 is 31.6 Å². The molecule has 0 bridgehead atoms. The van der Waals surface area contributed by atoms with E-state index in [-0.39, 0.29) is 61.9 Å². The quantitative estimate of drug-likeness (QED) is 0.0778. The molecule has 2 aromatic rings. The zero-order valence-electron chi connectivity index (χ0n) is 29.7. The van der Waals surface area contributed by atoms with Crippen LogP contribution in [0.2, 0.25) is 0 Å². The molecule has 274 valence electrons. The first-order chi connectivity index (χ1) is 24.1. The Kier molecular flexibility index (Phi) is 15.8. The van der Waals surface area contributed by atoms with Gasteiger partial charge in [-0.15, -0.1) is 0 Å². The Balaban J connectivity index is 1.16. The van der Waals surface area contributed by atoms with Crippen molar-refractivity contribution in [3.8, 4) is 0 Å². The molecule has 0 spiro atoms. The fourth-order valence-electron chi connectivity index (χ4n) is 6.21. The van der Waals surface area contributed by atoms with Crippen molar-refractivity contribution >= 4 is 54.3 Å². The number of amides is 4. The number of ketones is 1. The molecule has 2 aliphatic heterocycles. The number of benzene rings is 2. The van der Waals surface area contributed by atoms with E-state index in [0.717, 1.165) is 35.4 Å². The van der Waals surface area contributed by atoms with E-state index in [2.05, 4.69) is 21.3 Å². The molecule has 11 nitrogen and oxygen atoms in total. The smallest absolute Gasteiger partial charge is 0.386 e. The third-order valence-electron chi connectivity index (χ3n) is 8.84. The molecule has 0 aliphatic carbocycles. The first-order valence-corrected chi connectivity index (χ1v) is 20.7. The molecule has 4 rings (SSSR count). The minimum Gasteiger partial charge on any atom is -0.386 e. The highest BCUT2D eigenvalue weighted by Crippen LogP contribution is 2.33. The summed E-state index contributed by atoms with van der Waals surface area (Å²) >= 11 is 1.90. The lowest BCUT2D eigenvalue weighted by Gasteiger charge is -2.39. The van der Waals surface area contributed by atoms with Gasteiger partial charge in [0, 0.05) is 56.4 Å². The number of urea groups is 1. The molecule has 0 unspecified atom stereocenters. The average Bonchev–Trinajstić information content (AvgIpc) is 3.68. The summed E-state index contributed by atoms with van der Waals surface area (Å²) < 4.78 is 19.3. The van der Waals surface area contributed by atoms with Gasteiger partial charge >= 0.3 is 14.6 Å². The number of fused-ring (bicyclic) bond motifs is 1. The number of carbonyl (C=O) groups excluding carboxylic acids is 4. The van der Waals surface area contributed by atoms with Gasteiger partial charge in [-0.25, -0.2) is 4.79 Å². The molecule has 0 radical (unpaired) electrons.